The molecular weight excluding hydrogens is 476 g/mol. The van der Waals surface area contributed by atoms with Crippen molar-refractivity contribution in [2.24, 2.45) is 0 Å². The zero-order valence-electron chi connectivity index (χ0n) is 20.3. The van der Waals surface area contributed by atoms with Gasteiger partial charge in [0.05, 0.1) is 23.8 Å². The Kier molecular flexibility index (Phi) is 7.55. The smallest absolute Gasteiger partial charge is 0.262 e. The molecule has 1 aromatic heterocycles. The van der Waals surface area contributed by atoms with Gasteiger partial charge < -0.3 is 10.1 Å². The number of hydrogen-bond acceptors (Lipinski definition) is 6. The second-order valence-electron chi connectivity index (χ2n) is 8.78. The highest BCUT2D eigenvalue weighted by atomic mass is 32.2. The molecule has 1 saturated heterocycles. The Hall–Kier alpha value is -3.90. The van der Waals surface area contributed by atoms with Crippen LogP contribution < -0.4 is 10.1 Å². The first-order valence-corrected chi connectivity index (χ1v) is 13.6. The summed E-state index contributed by atoms with van der Waals surface area (Å²) in [6.45, 7) is 4.63. The predicted octanol–water partition coefficient (Wildman–Crippen LogP) is 3.85. The second kappa shape index (κ2) is 10.8. The molecule has 36 heavy (non-hydrogen) atoms. The largest absolute Gasteiger partial charge is 0.494 e. The van der Waals surface area contributed by atoms with Crippen LogP contribution in [0.2, 0.25) is 0 Å². The zero-order chi connectivity index (χ0) is 25.7. The molecule has 186 valence electrons. The summed E-state index contributed by atoms with van der Waals surface area (Å²) in [5.74, 6) is 0.0917. The molecule has 9 heteroatoms. The molecule has 1 aliphatic rings. The van der Waals surface area contributed by atoms with Crippen LogP contribution in [0.15, 0.2) is 60.3 Å². The van der Waals surface area contributed by atoms with Gasteiger partial charge in [-0.25, -0.2) is 13.1 Å². The molecule has 2 heterocycles. The van der Waals surface area contributed by atoms with E-state index in [0.717, 1.165) is 29.0 Å². The third kappa shape index (κ3) is 5.83. The lowest BCUT2D eigenvalue weighted by Crippen LogP contribution is -2.36. The van der Waals surface area contributed by atoms with Crippen molar-refractivity contribution in [3.8, 4) is 28.8 Å². The van der Waals surface area contributed by atoms with E-state index < -0.39 is 21.8 Å². The summed E-state index contributed by atoms with van der Waals surface area (Å²) < 4.78 is 31.0. The van der Waals surface area contributed by atoms with Crippen molar-refractivity contribution in [3.63, 3.8) is 0 Å². The van der Waals surface area contributed by atoms with Crippen molar-refractivity contribution in [2.45, 2.75) is 32.7 Å². The molecule has 0 aliphatic carbocycles. The minimum absolute atomic E-state index is 0.0365. The normalized spacial score (nSPS) is 16.9. The van der Waals surface area contributed by atoms with Gasteiger partial charge in [0.25, 0.3) is 5.91 Å². The van der Waals surface area contributed by atoms with Crippen molar-refractivity contribution in [1.82, 2.24) is 15.1 Å². The molecule has 1 N–H and O–H groups in total. The summed E-state index contributed by atoms with van der Waals surface area (Å²) in [4.78, 5) is 12.8. The lowest BCUT2D eigenvalue weighted by Gasteiger charge is -2.10. The van der Waals surface area contributed by atoms with Crippen molar-refractivity contribution in [3.05, 3.63) is 71.4 Å². The number of aryl methyl sites for hydroxylation is 1. The molecule has 1 amide bonds. The summed E-state index contributed by atoms with van der Waals surface area (Å²) in [6, 6.07) is 16.8. The Morgan fingerprint density at radius 1 is 1.28 bits per heavy atom. The van der Waals surface area contributed by atoms with E-state index in [1.807, 2.05) is 68.4 Å². The molecule has 3 aromatic rings. The second-order valence-corrected chi connectivity index (χ2v) is 11.0. The van der Waals surface area contributed by atoms with E-state index >= 15 is 0 Å². The maximum atomic E-state index is 12.8. The predicted molar refractivity (Wildman–Crippen MR) is 138 cm³/mol. The highest BCUT2D eigenvalue weighted by Gasteiger charge is 2.29. The van der Waals surface area contributed by atoms with Crippen molar-refractivity contribution < 1.29 is 17.9 Å². The van der Waals surface area contributed by atoms with Gasteiger partial charge in [-0.3, -0.25) is 4.79 Å². The van der Waals surface area contributed by atoms with Gasteiger partial charge in [-0.1, -0.05) is 25.1 Å². The lowest BCUT2D eigenvalue weighted by molar-refractivity contribution is -0.117. The third-order valence-corrected chi connectivity index (χ3v) is 7.69. The molecule has 8 nitrogen and oxygen atoms in total. The van der Waals surface area contributed by atoms with E-state index in [9.17, 15) is 18.5 Å². The van der Waals surface area contributed by atoms with E-state index in [2.05, 4.69) is 5.32 Å². The Morgan fingerprint density at radius 3 is 2.69 bits per heavy atom. The van der Waals surface area contributed by atoms with E-state index in [0.29, 0.717) is 24.3 Å². The fourth-order valence-corrected chi connectivity index (χ4v) is 5.78. The van der Waals surface area contributed by atoms with Gasteiger partial charge in [0, 0.05) is 23.4 Å². The number of rotatable bonds is 8. The molecule has 0 radical (unpaired) electrons. The van der Waals surface area contributed by atoms with Crippen molar-refractivity contribution in [2.75, 3.05) is 18.1 Å². The van der Waals surface area contributed by atoms with E-state index in [4.69, 9.17) is 9.84 Å². The first-order chi connectivity index (χ1) is 17.3. The minimum atomic E-state index is -3.16. The van der Waals surface area contributed by atoms with Gasteiger partial charge in [0.2, 0.25) is 0 Å². The molecule has 0 bridgehead atoms. The highest BCUT2D eigenvalue weighted by Crippen LogP contribution is 2.31. The number of carbonyl (C=O) groups excluding carboxylic acids is 1. The fraction of sp³-hybridized carbons (Fsp3) is 0.296. The number of hydrogen-bond donors (Lipinski definition) is 1. The fourth-order valence-electron chi connectivity index (χ4n) is 4.10. The summed E-state index contributed by atoms with van der Waals surface area (Å²) in [5, 5.41) is 17.2. The standard InChI is InChI=1S/C27H28N4O4S/c1-3-12-35-24-9-10-25(19(2)14-24)26-21(17-31(30-26)23-7-5-4-6-8-23)15-20(16-28)27(32)29-22-11-13-36(33,34)18-22/h4-10,14-15,17,22H,3,11-13,18H2,1-2H3,(H,29,32)/b20-15-/t22-/m0/s1. The molecule has 1 fully saturated rings. The van der Waals surface area contributed by atoms with Crippen molar-refractivity contribution in [1.29, 1.82) is 5.26 Å². The summed E-state index contributed by atoms with van der Waals surface area (Å²) in [7, 11) is -3.16. The number of carbonyl (C=O) groups is 1. The molecule has 0 unspecified atom stereocenters. The molecular formula is C27H28N4O4S. The average Bonchev–Trinajstić information content (AvgIpc) is 3.44. The van der Waals surface area contributed by atoms with Gasteiger partial charge >= 0.3 is 0 Å². The Balaban J connectivity index is 1.72. The monoisotopic (exact) mass is 504 g/mol. The quantitative estimate of drug-likeness (QED) is 0.368. The SMILES string of the molecule is CCCOc1ccc(-c2nn(-c3ccccc3)cc2/C=C(/C#N)C(=O)N[C@H]2CCS(=O)(=O)C2)c(C)c1. The third-order valence-electron chi connectivity index (χ3n) is 5.92. The number of benzene rings is 2. The van der Waals surface area contributed by atoms with Crippen LogP contribution >= 0.6 is 0 Å². The zero-order valence-corrected chi connectivity index (χ0v) is 21.1. The van der Waals surface area contributed by atoms with Crippen LogP contribution in [-0.2, 0) is 14.6 Å². The first kappa shape index (κ1) is 25.2. The Morgan fingerprint density at radius 2 is 2.06 bits per heavy atom. The first-order valence-electron chi connectivity index (χ1n) is 11.8. The lowest BCUT2D eigenvalue weighted by atomic mass is 10.0. The minimum Gasteiger partial charge on any atom is -0.494 e. The van der Waals surface area contributed by atoms with Crippen LogP contribution in [0, 0.1) is 18.3 Å². The highest BCUT2D eigenvalue weighted by molar-refractivity contribution is 7.91. The van der Waals surface area contributed by atoms with Gasteiger partial charge in [0.1, 0.15) is 23.1 Å². The number of ether oxygens (including phenoxy) is 1. The number of amides is 1. The molecule has 1 atom stereocenters. The van der Waals surface area contributed by atoms with Crippen LogP contribution in [0.4, 0.5) is 0 Å². The number of nitriles is 1. The number of nitrogens with zero attached hydrogens (tertiary/aromatic N) is 3. The van der Waals surface area contributed by atoms with Crippen LogP contribution in [0.25, 0.3) is 23.0 Å². The summed E-state index contributed by atoms with van der Waals surface area (Å²) in [6.07, 6.45) is 4.52. The summed E-state index contributed by atoms with van der Waals surface area (Å²) >= 11 is 0. The summed E-state index contributed by atoms with van der Waals surface area (Å²) in [5.41, 5.74) is 3.71. The van der Waals surface area contributed by atoms with Crippen LogP contribution in [0.1, 0.15) is 30.9 Å². The topological polar surface area (TPSA) is 114 Å². The Bertz CT molecular complexity index is 1440. The van der Waals surface area contributed by atoms with Gasteiger partial charge in [0.15, 0.2) is 9.84 Å². The van der Waals surface area contributed by atoms with E-state index in [-0.39, 0.29) is 17.1 Å². The molecule has 0 saturated carbocycles. The van der Waals surface area contributed by atoms with Gasteiger partial charge in [-0.2, -0.15) is 10.4 Å². The number of sulfone groups is 1. The molecule has 1 aliphatic heterocycles. The maximum Gasteiger partial charge on any atom is 0.262 e. The average molecular weight is 505 g/mol. The van der Waals surface area contributed by atoms with Crippen molar-refractivity contribution >= 4 is 21.8 Å². The maximum absolute atomic E-state index is 12.8. The Labute approximate surface area is 211 Å². The molecule has 4 rings (SSSR count). The van der Waals surface area contributed by atoms with E-state index in [1.165, 1.54) is 6.08 Å². The van der Waals surface area contributed by atoms with Gasteiger partial charge in [-0.15, -0.1) is 0 Å². The van der Waals surface area contributed by atoms with Crippen LogP contribution in [0.5, 0.6) is 5.75 Å². The van der Waals surface area contributed by atoms with E-state index in [1.54, 1.807) is 10.9 Å². The van der Waals surface area contributed by atoms with Crippen LogP contribution in [0.3, 0.4) is 0 Å². The number of nitrogens with one attached hydrogen (secondary N) is 1. The van der Waals surface area contributed by atoms with Crippen LogP contribution in [-0.4, -0.2) is 48.3 Å². The number of para-hydroxylation sites is 1. The molecule has 2 aromatic carbocycles. The molecule has 0 spiro atoms. The number of aromatic nitrogens is 2. The van der Waals surface area contributed by atoms with Gasteiger partial charge in [-0.05, 0) is 61.7 Å².